The van der Waals surface area contributed by atoms with Crippen molar-refractivity contribution in [1.29, 1.82) is 0 Å². The van der Waals surface area contributed by atoms with Gasteiger partial charge in [-0.3, -0.25) is 4.48 Å². The molecule has 6 rings (SSSR count). The first kappa shape index (κ1) is 19.7. The molecule has 4 aromatic rings. The summed E-state index contributed by atoms with van der Waals surface area (Å²) >= 11 is 0. The van der Waals surface area contributed by atoms with Crippen LogP contribution in [0.5, 0.6) is 0 Å². The molecule has 0 aliphatic carbocycles. The van der Waals surface area contributed by atoms with E-state index in [1.807, 2.05) is 0 Å². The van der Waals surface area contributed by atoms with Gasteiger partial charge in [0.1, 0.15) is 6.04 Å². The smallest absolute Gasteiger partial charge is 0.336 e. The van der Waals surface area contributed by atoms with E-state index in [0.717, 1.165) is 57.5 Å². The van der Waals surface area contributed by atoms with Crippen LogP contribution in [0.1, 0.15) is 35.2 Å². The number of amides is 1. The maximum absolute atomic E-state index is 13.7. The SMILES string of the molecule is O=C(c1ccc(Cn2c3ccccc3c3ccccc32)cc1)[N+]1([C@H]2CCNC2)CCCC1. The van der Waals surface area contributed by atoms with E-state index in [-0.39, 0.29) is 0 Å². The number of fused-ring (bicyclic) bond motifs is 3. The Hall–Kier alpha value is -2.95. The summed E-state index contributed by atoms with van der Waals surface area (Å²) in [7, 11) is 0. The molecule has 0 saturated carbocycles. The van der Waals surface area contributed by atoms with E-state index in [0.29, 0.717) is 16.4 Å². The number of carbonyl (C=O) groups excluding carboxylic acids is 1. The van der Waals surface area contributed by atoms with E-state index in [1.165, 1.54) is 27.4 Å². The maximum atomic E-state index is 13.7. The van der Waals surface area contributed by atoms with Gasteiger partial charge in [-0.2, -0.15) is 0 Å². The molecule has 2 saturated heterocycles. The van der Waals surface area contributed by atoms with Gasteiger partial charge in [-0.15, -0.1) is 0 Å². The molecular formula is C28H30N3O+. The standard InChI is InChI=1S/C28H30N3O/c32-28(31(17-5-6-18-31)23-15-16-29-19-23)22-13-11-21(12-14-22)20-30-26-9-3-1-7-24(26)25-8-2-4-10-27(25)30/h1-4,7-14,23,29H,5-6,15-20H2/q+1/t23-/m0/s1. The Balaban J connectivity index is 1.32. The van der Waals surface area contributed by atoms with E-state index in [1.54, 1.807) is 0 Å². The van der Waals surface area contributed by atoms with Crippen molar-refractivity contribution < 1.29 is 9.28 Å². The van der Waals surface area contributed by atoms with Crippen LogP contribution in [-0.4, -0.2) is 47.2 Å². The normalized spacial score (nSPS) is 20.3. The third kappa shape index (κ3) is 3.09. The van der Waals surface area contributed by atoms with E-state index in [9.17, 15) is 4.79 Å². The summed E-state index contributed by atoms with van der Waals surface area (Å²) in [5, 5.41) is 6.06. The Kier molecular flexibility index (Phi) is 4.85. The number of benzene rings is 3. The summed E-state index contributed by atoms with van der Waals surface area (Å²) in [4.78, 5) is 13.7. The number of aromatic nitrogens is 1. The van der Waals surface area contributed by atoms with Crippen LogP contribution in [0.2, 0.25) is 0 Å². The molecule has 32 heavy (non-hydrogen) atoms. The fraction of sp³-hybridized carbons (Fsp3) is 0.321. The summed E-state index contributed by atoms with van der Waals surface area (Å²) in [5.74, 6) is 0.319. The Labute approximate surface area is 189 Å². The van der Waals surface area contributed by atoms with Crippen molar-refractivity contribution in [3.05, 3.63) is 83.9 Å². The lowest BCUT2D eigenvalue weighted by Crippen LogP contribution is -2.58. The molecule has 0 radical (unpaired) electrons. The summed E-state index contributed by atoms with van der Waals surface area (Å²) < 4.78 is 3.04. The molecule has 0 bridgehead atoms. The van der Waals surface area contributed by atoms with Gasteiger partial charge in [0.2, 0.25) is 0 Å². The predicted octanol–water partition coefficient (Wildman–Crippen LogP) is 4.96. The highest BCUT2D eigenvalue weighted by Gasteiger charge is 2.47. The molecule has 2 aliphatic rings. The molecular weight excluding hydrogens is 394 g/mol. The Morgan fingerprint density at radius 1 is 0.875 bits per heavy atom. The molecule has 1 amide bonds. The third-order valence-electron chi connectivity index (χ3n) is 7.72. The number of carbonyl (C=O) groups is 1. The molecule has 162 valence electrons. The number of hydrogen-bond acceptors (Lipinski definition) is 2. The number of rotatable bonds is 4. The molecule has 0 spiro atoms. The van der Waals surface area contributed by atoms with Crippen LogP contribution in [0.15, 0.2) is 72.8 Å². The minimum Gasteiger partial charge on any atom is -0.336 e. The molecule has 2 fully saturated rings. The van der Waals surface area contributed by atoms with E-state index in [2.05, 4.69) is 82.7 Å². The van der Waals surface area contributed by atoms with Crippen LogP contribution in [0.25, 0.3) is 21.8 Å². The summed E-state index contributed by atoms with van der Waals surface area (Å²) in [5.41, 5.74) is 4.60. The van der Waals surface area contributed by atoms with Crippen LogP contribution in [0.3, 0.4) is 0 Å². The number of hydrogen-bond donors (Lipinski definition) is 1. The van der Waals surface area contributed by atoms with Gasteiger partial charge in [-0.1, -0.05) is 48.5 Å². The lowest BCUT2D eigenvalue weighted by atomic mass is 10.1. The van der Waals surface area contributed by atoms with Crippen LogP contribution in [-0.2, 0) is 6.54 Å². The second-order valence-electron chi connectivity index (χ2n) is 9.46. The molecule has 1 aromatic heterocycles. The number of likely N-dealkylation sites (tertiary alicyclic amines) is 1. The molecule has 3 heterocycles. The fourth-order valence-corrected chi connectivity index (χ4v) is 6.06. The summed E-state index contributed by atoms with van der Waals surface area (Å²) in [6.45, 7) is 4.80. The van der Waals surface area contributed by atoms with Gasteiger partial charge in [0.05, 0.1) is 18.7 Å². The van der Waals surface area contributed by atoms with Crippen molar-refractivity contribution in [1.82, 2.24) is 9.88 Å². The topological polar surface area (TPSA) is 34.0 Å². The fourth-order valence-electron chi connectivity index (χ4n) is 6.06. The molecule has 4 heteroatoms. The second-order valence-corrected chi connectivity index (χ2v) is 9.46. The van der Waals surface area contributed by atoms with Crippen molar-refractivity contribution in [2.45, 2.75) is 31.8 Å². The average Bonchev–Trinajstić information content (AvgIpc) is 3.60. The number of nitrogens with one attached hydrogen (secondary N) is 1. The van der Waals surface area contributed by atoms with Crippen molar-refractivity contribution in [3.8, 4) is 0 Å². The van der Waals surface area contributed by atoms with Gasteiger partial charge in [-0.05, 0) is 29.8 Å². The van der Waals surface area contributed by atoms with Gasteiger partial charge in [0, 0.05) is 60.7 Å². The lowest BCUT2D eigenvalue weighted by Gasteiger charge is -2.36. The first-order valence-electron chi connectivity index (χ1n) is 11.9. The van der Waals surface area contributed by atoms with Crippen LogP contribution in [0.4, 0.5) is 0 Å². The average molecular weight is 425 g/mol. The maximum Gasteiger partial charge on any atom is 0.346 e. The molecule has 1 atom stereocenters. The van der Waals surface area contributed by atoms with Gasteiger partial charge in [-0.25, -0.2) is 4.79 Å². The third-order valence-corrected chi connectivity index (χ3v) is 7.72. The van der Waals surface area contributed by atoms with Crippen molar-refractivity contribution in [2.24, 2.45) is 0 Å². The number of nitrogens with zero attached hydrogens (tertiary/aromatic N) is 2. The Morgan fingerprint density at radius 3 is 2.09 bits per heavy atom. The van der Waals surface area contributed by atoms with Gasteiger partial charge >= 0.3 is 5.91 Å². The second kappa shape index (κ2) is 7.88. The highest BCUT2D eigenvalue weighted by atomic mass is 16.2. The predicted molar refractivity (Wildman–Crippen MR) is 130 cm³/mol. The Bertz CT molecular complexity index is 1220. The van der Waals surface area contributed by atoms with Crippen molar-refractivity contribution >= 4 is 27.7 Å². The zero-order valence-electron chi connectivity index (χ0n) is 18.5. The number of para-hydroxylation sites is 2. The van der Waals surface area contributed by atoms with Gasteiger partial charge < -0.3 is 9.88 Å². The first-order valence-corrected chi connectivity index (χ1v) is 11.9. The minimum atomic E-state index is 0.319. The molecule has 0 unspecified atom stereocenters. The van der Waals surface area contributed by atoms with E-state index in [4.69, 9.17) is 0 Å². The van der Waals surface area contributed by atoms with Crippen LogP contribution in [0, 0.1) is 0 Å². The largest absolute Gasteiger partial charge is 0.346 e. The monoisotopic (exact) mass is 424 g/mol. The highest BCUT2D eigenvalue weighted by molar-refractivity contribution is 6.08. The zero-order valence-corrected chi connectivity index (χ0v) is 18.5. The van der Waals surface area contributed by atoms with E-state index < -0.39 is 0 Å². The minimum absolute atomic E-state index is 0.319. The quantitative estimate of drug-likeness (QED) is 0.470. The van der Waals surface area contributed by atoms with Crippen molar-refractivity contribution in [2.75, 3.05) is 26.2 Å². The highest BCUT2D eigenvalue weighted by Crippen LogP contribution is 2.31. The number of quaternary nitrogens is 1. The molecule has 2 aliphatic heterocycles. The molecule has 4 nitrogen and oxygen atoms in total. The van der Waals surface area contributed by atoms with Gasteiger partial charge in [0.25, 0.3) is 0 Å². The first-order chi connectivity index (χ1) is 15.8. The van der Waals surface area contributed by atoms with Crippen LogP contribution >= 0.6 is 0 Å². The summed E-state index contributed by atoms with van der Waals surface area (Å²) in [6, 6.07) is 26.1. The summed E-state index contributed by atoms with van der Waals surface area (Å²) in [6.07, 6.45) is 3.43. The van der Waals surface area contributed by atoms with E-state index >= 15 is 0 Å². The molecule has 1 N–H and O–H groups in total. The Morgan fingerprint density at radius 2 is 1.50 bits per heavy atom. The molecule has 3 aromatic carbocycles. The van der Waals surface area contributed by atoms with Gasteiger partial charge in [0.15, 0.2) is 0 Å². The lowest BCUT2D eigenvalue weighted by molar-refractivity contribution is -0.860. The van der Waals surface area contributed by atoms with Crippen LogP contribution < -0.4 is 5.32 Å². The zero-order chi connectivity index (χ0) is 21.5. The van der Waals surface area contributed by atoms with Crippen molar-refractivity contribution in [3.63, 3.8) is 0 Å².